The minimum absolute atomic E-state index is 0.0478. The first kappa shape index (κ1) is 24.7. The number of carbonyl (C=O) groups excluding carboxylic acids is 1. The third-order valence-electron chi connectivity index (χ3n) is 5.45. The van der Waals surface area contributed by atoms with Gasteiger partial charge in [-0.1, -0.05) is 36.4 Å². The van der Waals surface area contributed by atoms with Gasteiger partial charge >= 0.3 is 12.6 Å². The quantitative estimate of drug-likeness (QED) is 0.324. The molecule has 1 aliphatic heterocycles. The van der Waals surface area contributed by atoms with Crippen LogP contribution in [0.3, 0.4) is 0 Å². The third-order valence-corrected chi connectivity index (χ3v) is 5.45. The number of nitro groups is 1. The second-order valence-electron chi connectivity index (χ2n) is 7.57. The Kier molecular flexibility index (Phi) is 7.50. The molecule has 0 fully saturated rings. The number of ether oxygens (including phenoxy) is 3. The minimum atomic E-state index is -3.15. The molecule has 0 spiro atoms. The number of esters is 1. The summed E-state index contributed by atoms with van der Waals surface area (Å²) in [5, 5.41) is 14.9. The third kappa shape index (κ3) is 5.00. The molecule has 2 atom stereocenters. The number of alkyl halides is 2. The van der Waals surface area contributed by atoms with Gasteiger partial charge in [0.05, 0.1) is 23.3 Å². The summed E-state index contributed by atoms with van der Waals surface area (Å²) in [6.07, 6.45) is -0.761. The number of rotatable bonds is 8. The monoisotopic (exact) mass is 474 g/mol. The highest BCUT2D eigenvalue weighted by Gasteiger charge is 2.43. The first-order valence-electron chi connectivity index (χ1n) is 10.4. The fourth-order valence-electron chi connectivity index (χ4n) is 4.01. The Hall–Kier alpha value is -3.95. The Morgan fingerprint density at radius 3 is 2.29 bits per heavy atom. The zero-order valence-electron chi connectivity index (χ0n) is 19.0. The van der Waals surface area contributed by atoms with Crippen molar-refractivity contribution in [3.63, 3.8) is 0 Å². The maximum Gasteiger partial charge on any atom is 0.387 e. The Labute approximate surface area is 195 Å². The number of hydrogen-bond acceptors (Lipinski definition) is 7. The summed E-state index contributed by atoms with van der Waals surface area (Å²) in [4.78, 5) is 24.8. The molecule has 0 aromatic heterocycles. The van der Waals surface area contributed by atoms with E-state index in [4.69, 9.17) is 9.47 Å². The van der Waals surface area contributed by atoms with Crippen molar-refractivity contribution in [2.45, 2.75) is 39.4 Å². The van der Waals surface area contributed by atoms with E-state index in [9.17, 15) is 23.7 Å². The van der Waals surface area contributed by atoms with Crippen molar-refractivity contribution in [2.75, 3.05) is 7.11 Å². The molecule has 180 valence electrons. The maximum atomic E-state index is 13.4. The lowest BCUT2D eigenvalue weighted by Crippen LogP contribution is -2.32. The highest BCUT2D eigenvalue weighted by atomic mass is 19.3. The van der Waals surface area contributed by atoms with Gasteiger partial charge in [-0.25, -0.2) is 4.79 Å². The van der Waals surface area contributed by atoms with Crippen molar-refractivity contribution in [1.29, 1.82) is 0 Å². The predicted molar refractivity (Wildman–Crippen MR) is 119 cm³/mol. The summed E-state index contributed by atoms with van der Waals surface area (Å²) in [6.45, 7) is 1.53. The van der Waals surface area contributed by atoms with Gasteiger partial charge in [-0.3, -0.25) is 10.1 Å². The van der Waals surface area contributed by atoms with Gasteiger partial charge in [-0.2, -0.15) is 8.78 Å². The van der Waals surface area contributed by atoms with Crippen LogP contribution < -0.4 is 14.8 Å². The maximum absolute atomic E-state index is 13.4. The number of nitrogens with zero attached hydrogens (tertiary/aromatic N) is 1. The molecule has 2 aromatic rings. The Balaban J connectivity index is 2.08. The summed E-state index contributed by atoms with van der Waals surface area (Å²) in [5.74, 6) is -1.91. The van der Waals surface area contributed by atoms with E-state index in [-0.39, 0.29) is 28.3 Å². The first-order chi connectivity index (χ1) is 16.1. The van der Waals surface area contributed by atoms with Gasteiger partial charge in [-0.15, -0.1) is 0 Å². The molecule has 3 rings (SSSR count). The largest absolute Gasteiger partial charge is 0.496 e. The van der Waals surface area contributed by atoms with Gasteiger partial charge in [0, 0.05) is 16.8 Å². The summed E-state index contributed by atoms with van der Waals surface area (Å²) in [6, 6.07) is 12.6. The highest BCUT2D eigenvalue weighted by Crippen LogP contribution is 2.43. The number of benzene rings is 2. The van der Waals surface area contributed by atoms with Crippen molar-refractivity contribution < 1.29 is 32.7 Å². The lowest BCUT2D eigenvalue weighted by Gasteiger charge is -2.28. The molecular formula is C24H24F2N2O6. The Morgan fingerprint density at radius 2 is 1.68 bits per heavy atom. The molecule has 8 nitrogen and oxygen atoms in total. The average Bonchev–Trinajstić information content (AvgIpc) is 2.78. The molecule has 2 aromatic carbocycles. The van der Waals surface area contributed by atoms with E-state index in [2.05, 4.69) is 10.1 Å². The van der Waals surface area contributed by atoms with E-state index >= 15 is 0 Å². The van der Waals surface area contributed by atoms with E-state index in [0.717, 1.165) is 0 Å². The van der Waals surface area contributed by atoms with Gasteiger partial charge in [-0.05, 0) is 32.9 Å². The second kappa shape index (κ2) is 10.3. The van der Waals surface area contributed by atoms with Gasteiger partial charge in [0.25, 0.3) is 5.70 Å². The summed E-state index contributed by atoms with van der Waals surface area (Å²) >= 11 is 0. The second-order valence-corrected chi connectivity index (χ2v) is 7.57. The number of allylic oxidation sites excluding steroid dienone is 3. The van der Waals surface area contributed by atoms with Gasteiger partial charge in [0.15, 0.2) is 0 Å². The van der Waals surface area contributed by atoms with E-state index in [1.54, 1.807) is 38.1 Å². The lowest BCUT2D eigenvalue weighted by atomic mass is 9.83. The van der Waals surface area contributed by atoms with Crippen molar-refractivity contribution >= 4 is 5.97 Å². The van der Waals surface area contributed by atoms with Crippen LogP contribution in [0.4, 0.5) is 8.78 Å². The van der Waals surface area contributed by atoms with Crippen LogP contribution in [0.25, 0.3) is 0 Å². The lowest BCUT2D eigenvalue weighted by molar-refractivity contribution is -0.431. The predicted octanol–water partition coefficient (Wildman–Crippen LogP) is 5.07. The van der Waals surface area contributed by atoms with Crippen LogP contribution >= 0.6 is 0 Å². The zero-order valence-corrected chi connectivity index (χ0v) is 19.0. The molecule has 1 heterocycles. The van der Waals surface area contributed by atoms with Crippen LogP contribution in [-0.4, -0.2) is 24.6 Å². The smallest absolute Gasteiger partial charge is 0.387 e. The number of methoxy groups -OCH3 is 1. The summed E-state index contributed by atoms with van der Waals surface area (Å²) < 4.78 is 41.7. The van der Waals surface area contributed by atoms with Crippen LogP contribution in [0.2, 0.25) is 0 Å². The molecule has 0 saturated carbocycles. The molecule has 1 N–H and O–H groups in total. The highest BCUT2D eigenvalue weighted by molar-refractivity contribution is 5.92. The van der Waals surface area contributed by atoms with Gasteiger partial charge < -0.3 is 19.5 Å². The summed E-state index contributed by atoms with van der Waals surface area (Å²) in [5.41, 5.74) is 0.675. The molecule has 10 heteroatoms. The number of halogens is 2. The molecule has 0 saturated heterocycles. The number of nitrogens with one attached hydrogen (secondary N) is 1. The van der Waals surface area contributed by atoms with Gasteiger partial charge in [0.2, 0.25) is 0 Å². The molecule has 2 unspecified atom stereocenters. The van der Waals surface area contributed by atoms with Crippen LogP contribution in [0, 0.1) is 10.1 Å². The van der Waals surface area contributed by atoms with Crippen LogP contribution in [0.5, 0.6) is 11.5 Å². The van der Waals surface area contributed by atoms with E-state index < -0.39 is 29.5 Å². The van der Waals surface area contributed by atoms with Crippen LogP contribution in [0.1, 0.15) is 43.9 Å². The van der Waals surface area contributed by atoms with E-state index in [1.807, 2.05) is 0 Å². The van der Waals surface area contributed by atoms with E-state index in [0.29, 0.717) is 17.0 Å². The van der Waals surface area contributed by atoms with Crippen molar-refractivity contribution in [2.24, 2.45) is 0 Å². The molecule has 34 heavy (non-hydrogen) atoms. The number of para-hydroxylation sites is 2. The molecule has 0 aliphatic carbocycles. The number of carbonyl (C=O) groups is 1. The standard InChI is InChI=1S/C24H24F2N2O6/c1-13-20(23(29)33-15(3)16-9-5-7-11-18(16)32-4)21(22(28(30)31)14(2)27-13)17-10-6-8-12-19(17)34-24(25)26/h5-12,15,21,24,27H,1-4H3. The SMILES string of the molecule is COc1ccccc1C(C)OC(=O)C1=C(C)NC(C)=C([N+](=O)[O-])C1c1ccccc1OC(F)F. The molecular weight excluding hydrogens is 450 g/mol. The average molecular weight is 474 g/mol. The van der Waals surface area contributed by atoms with Crippen LogP contribution in [-0.2, 0) is 9.53 Å². The summed E-state index contributed by atoms with van der Waals surface area (Å²) in [7, 11) is 1.48. The topological polar surface area (TPSA) is 99.9 Å². The first-order valence-corrected chi connectivity index (χ1v) is 10.4. The van der Waals surface area contributed by atoms with Crippen LogP contribution in [0.15, 0.2) is 71.2 Å². The van der Waals surface area contributed by atoms with Crippen molar-refractivity contribution in [3.8, 4) is 11.5 Å². The molecule has 1 aliphatic rings. The molecule has 0 radical (unpaired) electrons. The fourth-order valence-corrected chi connectivity index (χ4v) is 4.01. The fraction of sp³-hybridized carbons (Fsp3) is 0.292. The number of dihydropyridines is 1. The Morgan fingerprint density at radius 1 is 1.06 bits per heavy atom. The van der Waals surface area contributed by atoms with Crippen molar-refractivity contribution in [3.05, 3.63) is 92.4 Å². The number of hydrogen-bond donors (Lipinski definition) is 1. The Bertz CT molecular complexity index is 1160. The van der Waals surface area contributed by atoms with E-state index in [1.165, 1.54) is 38.3 Å². The zero-order chi connectivity index (χ0) is 25.0. The molecule has 0 bridgehead atoms. The normalized spacial score (nSPS) is 16.7. The minimum Gasteiger partial charge on any atom is -0.496 e. The molecule has 0 amide bonds. The van der Waals surface area contributed by atoms with Gasteiger partial charge in [0.1, 0.15) is 23.5 Å². The van der Waals surface area contributed by atoms with Crippen molar-refractivity contribution in [1.82, 2.24) is 5.32 Å².